The Kier molecular flexibility index (Phi) is 6.49. The van der Waals surface area contributed by atoms with Crippen LogP contribution in [0.5, 0.6) is 0 Å². The summed E-state index contributed by atoms with van der Waals surface area (Å²) in [7, 11) is 0. The first kappa shape index (κ1) is 21.0. The number of nitrogens with one attached hydrogen (secondary N) is 2. The number of anilines is 2. The highest BCUT2D eigenvalue weighted by atomic mass is 35.5. The second-order valence-corrected chi connectivity index (χ2v) is 8.99. The van der Waals surface area contributed by atoms with Gasteiger partial charge in [0.15, 0.2) is 0 Å². The van der Waals surface area contributed by atoms with Crippen LogP contribution in [0.15, 0.2) is 36.4 Å². The van der Waals surface area contributed by atoms with Crippen molar-refractivity contribution in [3.05, 3.63) is 58.4 Å². The maximum Gasteiger partial charge on any atom is 0.253 e. The molecule has 2 N–H and O–H groups in total. The highest BCUT2D eigenvalue weighted by Gasteiger charge is 2.27. The Bertz CT molecular complexity index is 965. The summed E-state index contributed by atoms with van der Waals surface area (Å²) in [5.41, 5.74) is 2.86. The summed E-state index contributed by atoms with van der Waals surface area (Å²) in [4.78, 5) is 27.1. The molecule has 1 unspecified atom stereocenters. The van der Waals surface area contributed by atoms with Gasteiger partial charge >= 0.3 is 0 Å². The van der Waals surface area contributed by atoms with Gasteiger partial charge in [0.25, 0.3) is 5.91 Å². The van der Waals surface area contributed by atoms with Gasteiger partial charge in [0.2, 0.25) is 5.91 Å². The number of carbonyl (C=O) groups excluding carboxylic acids is 2. The molecule has 2 heterocycles. The zero-order chi connectivity index (χ0) is 21.1. The summed E-state index contributed by atoms with van der Waals surface area (Å²) < 4.78 is 13.2. The van der Waals surface area contributed by atoms with Gasteiger partial charge in [-0.1, -0.05) is 17.7 Å². The number of hydrogen-bond acceptors (Lipinski definition) is 4. The lowest BCUT2D eigenvalue weighted by molar-refractivity contribution is -0.116. The Morgan fingerprint density at radius 3 is 2.70 bits per heavy atom. The number of fused-ring (bicyclic) bond motifs is 1. The molecule has 2 amide bonds. The molecule has 1 fully saturated rings. The molecule has 30 heavy (non-hydrogen) atoms. The lowest BCUT2D eigenvalue weighted by Gasteiger charge is -2.29. The Balaban J connectivity index is 1.37. The van der Waals surface area contributed by atoms with Crippen LogP contribution in [-0.2, 0) is 10.5 Å². The number of benzene rings is 2. The highest BCUT2D eigenvalue weighted by molar-refractivity contribution is 7.98. The summed E-state index contributed by atoms with van der Waals surface area (Å²) in [5.74, 6) is 0.633. The quantitative estimate of drug-likeness (QED) is 0.693. The van der Waals surface area contributed by atoms with Crippen molar-refractivity contribution >= 4 is 46.6 Å². The van der Waals surface area contributed by atoms with Gasteiger partial charge < -0.3 is 15.5 Å². The van der Waals surface area contributed by atoms with Crippen molar-refractivity contribution in [1.82, 2.24) is 4.90 Å². The molecule has 2 aromatic carbocycles. The van der Waals surface area contributed by atoms with E-state index < -0.39 is 6.04 Å². The summed E-state index contributed by atoms with van der Waals surface area (Å²) in [6.07, 6.45) is 3.25. The minimum Gasteiger partial charge on any atom is -0.371 e. The van der Waals surface area contributed by atoms with Crippen LogP contribution in [0.1, 0.15) is 35.2 Å². The number of piperidine rings is 1. The fourth-order valence-corrected chi connectivity index (χ4v) is 5.08. The number of carbonyl (C=O) groups is 2. The molecule has 5 nitrogen and oxygen atoms in total. The van der Waals surface area contributed by atoms with Gasteiger partial charge in [-0.25, -0.2) is 4.39 Å². The standard InChI is InChI=1S/C22H23ClFN3O2S/c23-17-11-16(24)6-4-15(17)12-30-13-20-21(28)26-19-10-14(5-7-18(19)25-20)22(29)27-8-2-1-3-9-27/h4-7,10-11,20,25H,1-3,8-9,12-13H2,(H,26,28). The second-order valence-electron chi connectivity index (χ2n) is 7.55. The molecule has 4 rings (SSSR count). The van der Waals surface area contributed by atoms with E-state index in [1.165, 1.54) is 18.6 Å². The van der Waals surface area contributed by atoms with E-state index in [1.807, 2.05) is 17.0 Å². The van der Waals surface area contributed by atoms with Crippen molar-refractivity contribution in [3.63, 3.8) is 0 Å². The molecule has 0 radical (unpaired) electrons. The summed E-state index contributed by atoms with van der Waals surface area (Å²) in [6.45, 7) is 1.58. The largest absolute Gasteiger partial charge is 0.371 e. The van der Waals surface area contributed by atoms with E-state index in [0.29, 0.717) is 27.8 Å². The first-order chi connectivity index (χ1) is 14.5. The molecule has 0 aromatic heterocycles. The average molecular weight is 448 g/mol. The number of amides is 2. The van der Waals surface area contributed by atoms with E-state index >= 15 is 0 Å². The zero-order valence-corrected chi connectivity index (χ0v) is 18.0. The van der Waals surface area contributed by atoms with E-state index in [0.717, 1.165) is 37.2 Å². The molecule has 0 bridgehead atoms. The van der Waals surface area contributed by atoms with Crippen LogP contribution in [0.3, 0.4) is 0 Å². The minimum absolute atomic E-state index is 0.0144. The smallest absolute Gasteiger partial charge is 0.253 e. The van der Waals surface area contributed by atoms with Crippen molar-refractivity contribution in [2.24, 2.45) is 0 Å². The van der Waals surface area contributed by atoms with Gasteiger partial charge in [0, 0.05) is 35.2 Å². The van der Waals surface area contributed by atoms with Crippen molar-refractivity contribution in [2.75, 3.05) is 29.5 Å². The monoisotopic (exact) mass is 447 g/mol. The van der Waals surface area contributed by atoms with Crippen LogP contribution < -0.4 is 10.6 Å². The molecule has 0 spiro atoms. The predicted octanol–water partition coefficient (Wildman–Crippen LogP) is 4.77. The van der Waals surface area contributed by atoms with Gasteiger partial charge in [0.1, 0.15) is 11.9 Å². The number of nitrogens with zero attached hydrogens (tertiary/aromatic N) is 1. The van der Waals surface area contributed by atoms with Crippen LogP contribution in [0.2, 0.25) is 5.02 Å². The molecule has 1 saturated heterocycles. The van der Waals surface area contributed by atoms with Crippen molar-refractivity contribution in [2.45, 2.75) is 31.1 Å². The third kappa shape index (κ3) is 4.73. The molecule has 0 saturated carbocycles. The maximum atomic E-state index is 13.2. The maximum absolute atomic E-state index is 13.2. The fourth-order valence-electron chi connectivity index (χ4n) is 3.70. The molecule has 2 aliphatic heterocycles. The SMILES string of the molecule is O=C1Nc2cc(C(=O)N3CCCCC3)ccc2NC1CSCc1ccc(F)cc1Cl. The Labute approximate surface area is 184 Å². The van der Waals surface area contributed by atoms with Crippen molar-refractivity contribution in [1.29, 1.82) is 0 Å². The number of hydrogen-bond donors (Lipinski definition) is 2. The Morgan fingerprint density at radius 1 is 1.13 bits per heavy atom. The molecule has 1 atom stereocenters. The third-order valence-electron chi connectivity index (χ3n) is 5.37. The first-order valence-electron chi connectivity index (χ1n) is 10.0. The van der Waals surface area contributed by atoms with Crippen LogP contribution in [0, 0.1) is 5.82 Å². The molecule has 0 aliphatic carbocycles. The van der Waals surface area contributed by atoms with Crippen LogP contribution in [-0.4, -0.2) is 41.6 Å². The van der Waals surface area contributed by atoms with Gasteiger partial charge in [-0.3, -0.25) is 9.59 Å². The van der Waals surface area contributed by atoms with Gasteiger partial charge in [0.05, 0.1) is 11.4 Å². The number of thioether (sulfide) groups is 1. The van der Waals surface area contributed by atoms with E-state index in [9.17, 15) is 14.0 Å². The van der Waals surface area contributed by atoms with E-state index in [2.05, 4.69) is 10.6 Å². The molecule has 2 aromatic rings. The van der Waals surface area contributed by atoms with E-state index in [4.69, 9.17) is 11.6 Å². The van der Waals surface area contributed by atoms with Crippen LogP contribution in [0.25, 0.3) is 0 Å². The van der Waals surface area contributed by atoms with Gasteiger partial charge in [-0.05, 0) is 55.2 Å². The highest BCUT2D eigenvalue weighted by Crippen LogP contribution is 2.30. The van der Waals surface area contributed by atoms with Gasteiger partial charge in [-0.2, -0.15) is 11.8 Å². The van der Waals surface area contributed by atoms with Crippen molar-refractivity contribution in [3.8, 4) is 0 Å². The third-order valence-corrected chi connectivity index (χ3v) is 6.81. The number of rotatable bonds is 5. The fraction of sp³-hybridized carbons (Fsp3) is 0.364. The zero-order valence-electron chi connectivity index (χ0n) is 16.4. The molecule has 2 aliphatic rings. The van der Waals surface area contributed by atoms with Crippen LogP contribution in [0.4, 0.5) is 15.8 Å². The molecular weight excluding hydrogens is 425 g/mol. The summed E-state index contributed by atoms with van der Waals surface area (Å²) in [6, 6.07) is 9.34. The first-order valence-corrected chi connectivity index (χ1v) is 11.6. The topological polar surface area (TPSA) is 61.4 Å². The summed E-state index contributed by atoms with van der Waals surface area (Å²) in [5, 5.41) is 6.55. The Hall–Kier alpha value is -2.25. The molecule has 158 valence electrons. The normalized spacial score (nSPS) is 18.4. The Morgan fingerprint density at radius 2 is 1.93 bits per heavy atom. The lowest BCUT2D eigenvalue weighted by Crippen LogP contribution is -2.41. The molecule has 8 heteroatoms. The predicted molar refractivity (Wildman–Crippen MR) is 120 cm³/mol. The number of halogens is 2. The van der Waals surface area contributed by atoms with E-state index in [1.54, 1.807) is 23.9 Å². The van der Waals surface area contributed by atoms with Gasteiger partial charge in [-0.15, -0.1) is 0 Å². The van der Waals surface area contributed by atoms with E-state index in [-0.39, 0.29) is 17.6 Å². The summed E-state index contributed by atoms with van der Waals surface area (Å²) >= 11 is 7.61. The second kappa shape index (κ2) is 9.27. The minimum atomic E-state index is -0.398. The molecular formula is C22H23ClFN3O2S. The average Bonchev–Trinajstić information content (AvgIpc) is 2.75. The number of likely N-dealkylation sites (tertiary alicyclic amines) is 1. The van der Waals surface area contributed by atoms with Crippen LogP contribution >= 0.6 is 23.4 Å². The van der Waals surface area contributed by atoms with Crippen molar-refractivity contribution < 1.29 is 14.0 Å². The lowest BCUT2D eigenvalue weighted by atomic mass is 10.1.